The normalized spacial score (nSPS) is 15.1. The van der Waals surface area contributed by atoms with Crippen LogP contribution >= 0.6 is 23.2 Å². The Morgan fingerprint density at radius 3 is 2.17 bits per heavy atom. The van der Waals surface area contributed by atoms with Crippen molar-refractivity contribution in [2.75, 3.05) is 11.9 Å². The number of carboxylic acids is 1. The number of rotatable bonds is 10. The first-order valence-electron chi connectivity index (χ1n) is 11.5. The van der Waals surface area contributed by atoms with Crippen molar-refractivity contribution < 1.29 is 24.3 Å². The molecule has 0 bridgehead atoms. The van der Waals surface area contributed by atoms with E-state index in [0.29, 0.717) is 30.5 Å². The Balaban J connectivity index is 1.64. The SMILES string of the molecule is NC(=O)NCCC1(C(=O)NC(Cc2ccc(NC(=O)c3c(Cl)cccc3Cl)cc2)C(=O)O)CCCC1. The number of amides is 4. The highest BCUT2D eigenvalue weighted by molar-refractivity contribution is 6.40. The van der Waals surface area contributed by atoms with E-state index in [2.05, 4.69) is 16.0 Å². The average Bonchev–Trinajstić information content (AvgIpc) is 3.29. The summed E-state index contributed by atoms with van der Waals surface area (Å²) in [5, 5.41) is 18.1. The third-order valence-corrected chi connectivity index (χ3v) is 7.02. The van der Waals surface area contributed by atoms with Crippen molar-refractivity contribution in [2.24, 2.45) is 11.1 Å². The Kier molecular flexibility index (Phi) is 9.17. The molecular weight excluding hydrogens is 507 g/mol. The lowest BCUT2D eigenvalue weighted by Gasteiger charge is -2.29. The molecule has 6 N–H and O–H groups in total. The highest BCUT2D eigenvalue weighted by Gasteiger charge is 2.42. The van der Waals surface area contributed by atoms with Gasteiger partial charge in [0, 0.05) is 18.7 Å². The van der Waals surface area contributed by atoms with Crippen molar-refractivity contribution in [1.82, 2.24) is 10.6 Å². The number of anilines is 1. The minimum Gasteiger partial charge on any atom is -0.480 e. The van der Waals surface area contributed by atoms with Gasteiger partial charge in [0.1, 0.15) is 6.04 Å². The maximum absolute atomic E-state index is 13.1. The number of primary amides is 1. The zero-order chi connectivity index (χ0) is 26.3. The van der Waals surface area contributed by atoms with Gasteiger partial charge in [0.25, 0.3) is 5.91 Å². The van der Waals surface area contributed by atoms with Crippen molar-refractivity contribution >= 4 is 52.7 Å². The zero-order valence-electron chi connectivity index (χ0n) is 19.5. The maximum Gasteiger partial charge on any atom is 0.326 e. The van der Waals surface area contributed by atoms with Crippen LogP contribution in [0.3, 0.4) is 0 Å². The molecule has 1 fully saturated rings. The van der Waals surface area contributed by atoms with E-state index in [9.17, 15) is 24.3 Å². The van der Waals surface area contributed by atoms with Gasteiger partial charge in [-0.05, 0) is 49.1 Å². The molecule has 1 saturated carbocycles. The van der Waals surface area contributed by atoms with Crippen LogP contribution in [0.1, 0.15) is 48.0 Å². The number of urea groups is 1. The third-order valence-electron chi connectivity index (χ3n) is 6.39. The van der Waals surface area contributed by atoms with Crippen LogP contribution in [0.15, 0.2) is 42.5 Å². The molecule has 0 saturated heterocycles. The Labute approximate surface area is 218 Å². The lowest BCUT2D eigenvalue weighted by Crippen LogP contribution is -2.49. The highest BCUT2D eigenvalue weighted by atomic mass is 35.5. The van der Waals surface area contributed by atoms with Crippen LogP contribution < -0.4 is 21.7 Å². The number of benzene rings is 2. The first kappa shape index (κ1) is 27.3. The summed E-state index contributed by atoms with van der Waals surface area (Å²) in [5.74, 6) is -1.96. The quantitative estimate of drug-likeness (QED) is 0.312. The van der Waals surface area contributed by atoms with E-state index in [0.717, 1.165) is 12.8 Å². The Morgan fingerprint density at radius 2 is 1.61 bits per heavy atom. The van der Waals surface area contributed by atoms with Gasteiger partial charge >= 0.3 is 12.0 Å². The fourth-order valence-corrected chi connectivity index (χ4v) is 5.02. The standard InChI is InChI=1S/C25H28Cl2N4O5/c26-17-4-3-5-18(27)20(17)21(32)30-16-8-6-15(7-9-16)14-19(22(33)34)31-23(35)25(10-1-2-11-25)12-13-29-24(28)36/h3-9,19H,1-2,10-14H2,(H,30,32)(H,31,35)(H,33,34)(H3,28,29,36). The number of hydrogen-bond donors (Lipinski definition) is 5. The average molecular weight is 535 g/mol. The molecule has 36 heavy (non-hydrogen) atoms. The molecule has 0 radical (unpaired) electrons. The van der Waals surface area contributed by atoms with E-state index < -0.39 is 29.4 Å². The number of halogens is 2. The number of hydrogen-bond acceptors (Lipinski definition) is 4. The summed E-state index contributed by atoms with van der Waals surface area (Å²) in [6.07, 6.45) is 3.40. The summed E-state index contributed by atoms with van der Waals surface area (Å²) >= 11 is 12.2. The van der Waals surface area contributed by atoms with Crippen LogP contribution in [-0.2, 0) is 16.0 Å². The van der Waals surface area contributed by atoms with E-state index in [1.165, 1.54) is 0 Å². The van der Waals surface area contributed by atoms with Crippen molar-refractivity contribution in [3.63, 3.8) is 0 Å². The molecular formula is C25H28Cl2N4O5. The molecule has 0 heterocycles. The smallest absolute Gasteiger partial charge is 0.326 e. The largest absolute Gasteiger partial charge is 0.480 e. The monoisotopic (exact) mass is 534 g/mol. The zero-order valence-corrected chi connectivity index (χ0v) is 21.0. The minimum absolute atomic E-state index is 0.0568. The van der Waals surface area contributed by atoms with Crippen LogP contribution in [0.4, 0.5) is 10.5 Å². The minimum atomic E-state index is -1.16. The fourth-order valence-electron chi connectivity index (χ4n) is 4.45. The van der Waals surface area contributed by atoms with Crippen LogP contribution in [0.2, 0.25) is 10.0 Å². The molecule has 1 atom stereocenters. The predicted molar refractivity (Wildman–Crippen MR) is 137 cm³/mol. The molecule has 9 nitrogen and oxygen atoms in total. The van der Waals surface area contributed by atoms with Gasteiger partial charge in [-0.3, -0.25) is 9.59 Å². The Morgan fingerprint density at radius 1 is 1.00 bits per heavy atom. The molecule has 192 valence electrons. The molecule has 2 aromatic rings. The first-order chi connectivity index (χ1) is 17.1. The van der Waals surface area contributed by atoms with E-state index >= 15 is 0 Å². The summed E-state index contributed by atoms with van der Waals surface area (Å²) in [6.45, 7) is 0.243. The molecule has 0 aromatic heterocycles. The second-order valence-corrected chi connectivity index (χ2v) is 9.66. The molecule has 1 aliphatic carbocycles. The van der Waals surface area contributed by atoms with Crippen molar-refractivity contribution in [2.45, 2.75) is 44.6 Å². The van der Waals surface area contributed by atoms with Crippen LogP contribution in [0.5, 0.6) is 0 Å². The second-order valence-electron chi connectivity index (χ2n) is 8.84. The summed E-state index contributed by atoms with van der Waals surface area (Å²) in [5.41, 5.74) is 5.68. The molecule has 4 amide bonds. The second kappa shape index (κ2) is 12.1. The number of aliphatic carboxylic acids is 1. The molecule has 3 rings (SSSR count). The number of carbonyl (C=O) groups excluding carboxylic acids is 3. The number of carbonyl (C=O) groups is 4. The lowest BCUT2D eigenvalue weighted by molar-refractivity contribution is -0.144. The summed E-state index contributed by atoms with van der Waals surface area (Å²) in [4.78, 5) is 48.6. The van der Waals surface area contributed by atoms with Crippen LogP contribution in [0.25, 0.3) is 0 Å². The van der Waals surface area contributed by atoms with E-state index in [-0.39, 0.29) is 34.5 Å². The van der Waals surface area contributed by atoms with Crippen molar-refractivity contribution in [3.05, 3.63) is 63.6 Å². The molecule has 1 unspecified atom stereocenters. The first-order valence-corrected chi connectivity index (χ1v) is 12.3. The maximum atomic E-state index is 13.1. The number of nitrogens with one attached hydrogen (secondary N) is 3. The van der Waals surface area contributed by atoms with Crippen molar-refractivity contribution in [3.8, 4) is 0 Å². The van der Waals surface area contributed by atoms with Crippen LogP contribution in [0, 0.1) is 5.41 Å². The lowest BCUT2D eigenvalue weighted by atomic mass is 9.81. The van der Waals surface area contributed by atoms with Crippen molar-refractivity contribution in [1.29, 1.82) is 0 Å². The van der Waals surface area contributed by atoms with Gasteiger partial charge < -0.3 is 26.8 Å². The summed E-state index contributed by atoms with van der Waals surface area (Å²) in [7, 11) is 0. The predicted octanol–water partition coefficient (Wildman–Crippen LogP) is 3.98. The summed E-state index contributed by atoms with van der Waals surface area (Å²) < 4.78 is 0. The Hall–Kier alpha value is -3.30. The van der Waals surface area contributed by atoms with Gasteiger partial charge in [-0.2, -0.15) is 0 Å². The van der Waals surface area contributed by atoms with Gasteiger partial charge in [0.05, 0.1) is 21.0 Å². The number of carboxylic acid groups (broad SMARTS) is 1. The highest BCUT2D eigenvalue weighted by Crippen LogP contribution is 2.41. The fraction of sp³-hybridized carbons (Fsp3) is 0.360. The molecule has 0 spiro atoms. The van der Waals surface area contributed by atoms with Gasteiger partial charge in [-0.25, -0.2) is 9.59 Å². The van der Waals surface area contributed by atoms with Crippen LogP contribution in [-0.4, -0.2) is 41.5 Å². The van der Waals surface area contributed by atoms with E-state index in [4.69, 9.17) is 28.9 Å². The van der Waals surface area contributed by atoms with Gasteiger partial charge in [0.15, 0.2) is 0 Å². The third kappa shape index (κ3) is 6.89. The molecule has 2 aromatic carbocycles. The molecule has 0 aliphatic heterocycles. The van der Waals surface area contributed by atoms with Gasteiger partial charge in [-0.1, -0.05) is 54.2 Å². The van der Waals surface area contributed by atoms with E-state index in [1.807, 2.05) is 0 Å². The Bertz CT molecular complexity index is 1110. The topological polar surface area (TPSA) is 151 Å². The molecule has 11 heteroatoms. The molecule has 1 aliphatic rings. The van der Waals surface area contributed by atoms with Gasteiger partial charge in [-0.15, -0.1) is 0 Å². The summed E-state index contributed by atoms with van der Waals surface area (Å²) in [6, 6.07) is 9.58. The van der Waals surface area contributed by atoms with E-state index in [1.54, 1.807) is 42.5 Å². The number of nitrogens with two attached hydrogens (primary N) is 1. The van der Waals surface area contributed by atoms with Gasteiger partial charge in [0.2, 0.25) is 5.91 Å².